The van der Waals surface area contributed by atoms with Gasteiger partial charge in [0, 0.05) is 23.8 Å². The van der Waals surface area contributed by atoms with Crippen LogP contribution in [0, 0.1) is 0 Å². The lowest BCUT2D eigenvalue weighted by molar-refractivity contribution is 0.265. The summed E-state index contributed by atoms with van der Waals surface area (Å²) in [4.78, 5) is 2.54. The summed E-state index contributed by atoms with van der Waals surface area (Å²) >= 11 is 9.35. The highest BCUT2D eigenvalue weighted by Gasteiger charge is 2.17. The van der Waals surface area contributed by atoms with Crippen LogP contribution in [0.15, 0.2) is 29.6 Å². The Morgan fingerprint density at radius 1 is 1.25 bits per heavy atom. The Morgan fingerprint density at radius 2 is 2.06 bits per heavy atom. The minimum Gasteiger partial charge on any atom is -0.250 e. The van der Waals surface area contributed by atoms with Crippen LogP contribution >= 0.6 is 34.3 Å². The Kier molecular flexibility index (Phi) is 4.00. The van der Waals surface area contributed by atoms with Crippen LogP contribution in [0.25, 0.3) is 0 Å². The Morgan fingerprint density at radius 3 is 2.56 bits per heavy atom. The lowest BCUT2D eigenvalue weighted by Gasteiger charge is -2.21. The van der Waals surface area contributed by atoms with E-state index in [0.29, 0.717) is 0 Å². The van der Waals surface area contributed by atoms with Gasteiger partial charge in [-0.05, 0) is 23.6 Å². The average Bonchev–Trinajstić information content (AvgIpc) is 2.84. The van der Waals surface area contributed by atoms with Gasteiger partial charge < -0.3 is 0 Å². The molecule has 0 saturated carbocycles. The third-order valence-corrected chi connectivity index (χ3v) is 4.33. The van der Waals surface area contributed by atoms with Crippen LogP contribution in [0.5, 0.6) is 0 Å². The van der Waals surface area contributed by atoms with Crippen molar-refractivity contribution in [1.82, 2.24) is 10.4 Å². The smallest absolute Gasteiger partial charge is 0.0931 e. The number of thiophene rings is 2. The van der Waals surface area contributed by atoms with Gasteiger partial charge in [-0.25, -0.2) is 10.4 Å². The molecule has 1 atom stereocenters. The summed E-state index contributed by atoms with van der Waals surface area (Å²) in [5, 5.41) is 4.06. The molecule has 0 aromatic carbocycles. The van der Waals surface area contributed by atoms with Gasteiger partial charge in [-0.15, -0.1) is 22.7 Å². The molecule has 1 N–H and O–H groups in total. The second kappa shape index (κ2) is 5.29. The molecule has 2 rings (SSSR count). The van der Waals surface area contributed by atoms with Gasteiger partial charge in [-0.1, -0.05) is 17.7 Å². The Labute approximate surface area is 108 Å². The van der Waals surface area contributed by atoms with E-state index in [1.165, 1.54) is 9.75 Å². The lowest BCUT2D eigenvalue weighted by Crippen LogP contribution is -2.34. The van der Waals surface area contributed by atoms with Crippen LogP contribution in [0.1, 0.15) is 15.8 Å². The van der Waals surface area contributed by atoms with Crippen molar-refractivity contribution < 1.29 is 0 Å². The molecule has 0 aliphatic rings. The van der Waals surface area contributed by atoms with Gasteiger partial charge >= 0.3 is 0 Å². The van der Waals surface area contributed by atoms with Crippen molar-refractivity contribution in [3.8, 4) is 0 Å². The van der Waals surface area contributed by atoms with E-state index >= 15 is 0 Å². The molecule has 2 heterocycles. The average molecular weight is 273 g/mol. The van der Waals surface area contributed by atoms with Crippen molar-refractivity contribution >= 4 is 34.3 Å². The molecule has 2 nitrogen and oxygen atoms in total. The van der Waals surface area contributed by atoms with Crippen LogP contribution < -0.4 is 5.43 Å². The van der Waals surface area contributed by atoms with E-state index in [4.69, 9.17) is 11.6 Å². The zero-order chi connectivity index (χ0) is 11.5. The summed E-state index contributed by atoms with van der Waals surface area (Å²) in [5.74, 6) is 0. The van der Waals surface area contributed by atoms with E-state index in [1.54, 1.807) is 22.7 Å². The van der Waals surface area contributed by atoms with Gasteiger partial charge in [-0.2, -0.15) is 0 Å². The topological polar surface area (TPSA) is 15.3 Å². The zero-order valence-electron chi connectivity index (χ0n) is 9.11. The predicted octanol–water partition coefficient (Wildman–Crippen LogP) is 3.62. The summed E-state index contributed by atoms with van der Waals surface area (Å²) in [6.45, 7) is 0. The summed E-state index contributed by atoms with van der Waals surface area (Å²) in [7, 11) is 3.99. The summed E-state index contributed by atoms with van der Waals surface area (Å²) in [5.41, 5.74) is 3.41. The van der Waals surface area contributed by atoms with Crippen molar-refractivity contribution in [2.45, 2.75) is 6.04 Å². The first kappa shape index (κ1) is 12.1. The molecule has 86 valence electrons. The van der Waals surface area contributed by atoms with E-state index in [0.717, 1.165) is 4.34 Å². The van der Waals surface area contributed by atoms with Crippen LogP contribution in [-0.2, 0) is 0 Å². The van der Waals surface area contributed by atoms with Gasteiger partial charge in [0.1, 0.15) is 0 Å². The van der Waals surface area contributed by atoms with Crippen LogP contribution in [0.2, 0.25) is 4.34 Å². The van der Waals surface area contributed by atoms with Gasteiger partial charge in [0.25, 0.3) is 0 Å². The van der Waals surface area contributed by atoms with Crippen molar-refractivity contribution in [3.63, 3.8) is 0 Å². The van der Waals surface area contributed by atoms with Gasteiger partial charge in [0.15, 0.2) is 0 Å². The maximum atomic E-state index is 5.98. The molecule has 0 radical (unpaired) electrons. The van der Waals surface area contributed by atoms with Crippen LogP contribution in [0.4, 0.5) is 0 Å². The van der Waals surface area contributed by atoms with Crippen molar-refractivity contribution in [3.05, 3.63) is 43.7 Å². The maximum absolute atomic E-state index is 5.98. The normalized spacial score (nSPS) is 13.2. The molecule has 16 heavy (non-hydrogen) atoms. The first-order valence-electron chi connectivity index (χ1n) is 4.89. The van der Waals surface area contributed by atoms with E-state index in [1.807, 2.05) is 25.2 Å². The number of hydrazine groups is 1. The minimum absolute atomic E-state index is 0.201. The number of hydrogen-bond donors (Lipinski definition) is 1. The molecule has 1 unspecified atom stereocenters. The number of nitrogens with zero attached hydrogens (tertiary/aromatic N) is 1. The molecule has 0 saturated heterocycles. The molecule has 2 aromatic rings. The largest absolute Gasteiger partial charge is 0.250 e. The fourth-order valence-electron chi connectivity index (χ4n) is 1.46. The first-order chi connectivity index (χ1) is 7.66. The molecule has 5 heteroatoms. The first-order valence-corrected chi connectivity index (χ1v) is 6.96. The SMILES string of the molecule is CN(C)NC(c1cccs1)c1ccc(Cl)s1. The third kappa shape index (κ3) is 2.84. The second-order valence-corrected chi connectivity index (χ2v) is 6.34. The Balaban J connectivity index is 2.28. The highest BCUT2D eigenvalue weighted by atomic mass is 35.5. The third-order valence-electron chi connectivity index (χ3n) is 2.09. The number of halogens is 1. The Bertz CT molecular complexity index is 437. The van der Waals surface area contributed by atoms with E-state index in [-0.39, 0.29) is 6.04 Å². The molecule has 0 fully saturated rings. The highest BCUT2D eigenvalue weighted by Crippen LogP contribution is 2.32. The summed E-state index contributed by atoms with van der Waals surface area (Å²) in [6.07, 6.45) is 0. The molecule has 0 aliphatic carbocycles. The van der Waals surface area contributed by atoms with Crippen LogP contribution in [0.3, 0.4) is 0 Å². The number of hydrogen-bond acceptors (Lipinski definition) is 4. The van der Waals surface area contributed by atoms with E-state index in [9.17, 15) is 0 Å². The molecule has 0 bridgehead atoms. The summed E-state index contributed by atoms with van der Waals surface area (Å²) in [6, 6.07) is 8.43. The van der Waals surface area contributed by atoms with Gasteiger partial charge in [0.05, 0.1) is 10.4 Å². The number of nitrogens with one attached hydrogen (secondary N) is 1. The highest BCUT2D eigenvalue weighted by molar-refractivity contribution is 7.16. The van der Waals surface area contributed by atoms with Gasteiger partial charge in [-0.3, -0.25) is 0 Å². The number of rotatable bonds is 4. The van der Waals surface area contributed by atoms with Gasteiger partial charge in [0.2, 0.25) is 0 Å². The van der Waals surface area contributed by atoms with E-state index in [2.05, 4.69) is 29.0 Å². The Hall–Kier alpha value is -0.390. The fraction of sp³-hybridized carbons (Fsp3) is 0.273. The maximum Gasteiger partial charge on any atom is 0.0931 e. The molecule has 0 spiro atoms. The molecule has 0 aliphatic heterocycles. The molecular weight excluding hydrogens is 260 g/mol. The lowest BCUT2D eigenvalue weighted by atomic mass is 10.2. The predicted molar refractivity (Wildman–Crippen MR) is 72.3 cm³/mol. The van der Waals surface area contributed by atoms with Crippen LogP contribution in [-0.4, -0.2) is 19.1 Å². The minimum atomic E-state index is 0.201. The zero-order valence-corrected chi connectivity index (χ0v) is 11.5. The monoisotopic (exact) mass is 272 g/mol. The second-order valence-electron chi connectivity index (χ2n) is 3.61. The standard InChI is InChI=1S/C11H13ClN2S2/c1-14(2)13-11(8-4-3-7-15-8)9-5-6-10(12)16-9/h3-7,11,13H,1-2H3. The fourth-order valence-corrected chi connectivity index (χ4v) is 3.45. The van der Waals surface area contributed by atoms with Crippen molar-refractivity contribution in [2.75, 3.05) is 14.1 Å². The molecule has 2 aromatic heterocycles. The van der Waals surface area contributed by atoms with Crippen molar-refractivity contribution in [2.24, 2.45) is 0 Å². The molecule has 0 amide bonds. The molecular formula is C11H13ClN2S2. The summed E-state index contributed by atoms with van der Waals surface area (Å²) < 4.78 is 0.831. The van der Waals surface area contributed by atoms with E-state index < -0.39 is 0 Å². The quantitative estimate of drug-likeness (QED) is 0.856. The van der Waals surface area contributed by atoms with Crippen molar-refractivity contribution in [1.29, 1.82) is 0 Å².